The lowest BCUT2D eigenvalue weighted by atomic mass is 10.3. The number of fused-ring (bicyclic) bond motifs is 1. The van der Waals surface area contributed by atoms with Gasteiger partial charge < -0.3 is 0 Å². The minimum atomic E-state index is -0.534. The summed E-state index contributed by atoms with van der Waals surface area (Å²) in [4.78, 5) is 36.7. The molecule has 3 rings (SSSR count). The maximum atomic E-state index is 12.4. The molecule has 0 aliphatic heterocycles. The molecule has 7 heteroatoms. The highest BCUT2D eigenvalue weighted by Gasteiger charge is 2.17. The van der Waals surface area contributed by atoms with Crippen LogP contribution in [0.25, 0.3) is 10.9 Å². The largest absolute Gasteiger partial charge is 0.285 e. The molecule has 0 saturated heterocycles. The molecular weight excluding hydrogens is 324 g/mol. The summed E-state index contributed by atoms with van der Waals surface area (Å²) in [7, 11) is 0. The van der Waals surface area contributed by atoms with Crippen LogP contribution in [0.4, 0.5) is 0 Å². The van der Waals surface area contributed by atoms with Crippen LogP contribution in [0.5, 0.6) is 0 Å². The number of carbonyl (C=O) groups is 1. The molecule has 0 fully saturated rings. The second-order valence-electron chi connectivity index (χ2n) is 3.93. The van der Waals surface area contributed by atoms with Crippen molar-refractivity contribution in [1.82, 2.24) is 19.5 Å². The molecule has 0 N–H and O–H groups in total. The molecule has 0 spiro atoms. The number of pyridine rings is 2. The van der Waals surface area contributed by atoms with Crippen molar-refractivity contribution in [1.29, 1.82) is 0 Å². The van der Waals surface area contributed by atoms with Crippen molar-refractivity contribution >= 4 is 32.7 Å². The highest BCUT2D eigenvalue weighted by molar-refractivity contribution is 9.10. The van der Waals surface area contributed by atoms with Crippen LogP contribution < -0.4 is 5.56 Å². The van der Waals surface area contributed by atoms with E-state index in [1.165, 1.54) is 30.7 Å². The van der Waals surface area contributed by atoms with Crippen molar-refractivity contribution < 1.29 is 4.79 Å². The van der Waals surface area contributed by atoms with Gasteiger partial charge in [-0.15, -0.1) is 0 Å². The molecule has 3 aromatic heterocycles. The average molecular weight is 331 g/mol. The molecule has 0 radical (unpaired) electrons. The van der Waals surface area contributed by atoms with E-state index in [1.54, 1.807) is 12.1 Å². The van der Waals surface area contributed by atoms with Gasteiger partial charge in [0.2, 0.25) is 0 Å². The van der Waals surface area contributed by atoms with E-state index in [-0.39, 0.29) is 10.4 Å². The Labute approximate surface area is 121 Å². The first-order valence-corrected chi connectivity index (χ1v) is 6.46. The zero-order valence-corrected chi connectivity index (χ0v) is 11.6. The predicted octanol–water partition coefficient (Wildman–Crippen LogP) is 1.64. The average Bonchev–Trinajstić information content (AvgIpc) is 2.48. The standard InChI is InChI=1S/C13H7BrN4O2/c14-13-17-10-7-15-6-4-8(10)11(19)18(13)12(20)9-3-1-2-5-16-9/h1-7H. The molecule has 3 aromatic rings. The van der Waals surface area contributed by atoms with E-state index in [0.717, 1.165) is 4.57 Å². The number of halogens is 1. The molecule has 0 atom stereocenters. The van der Waals surface area contributed by atoms with Gasteiger partial charge in [0.05, 0.1) is 17.1 Å². The maximum absolute atomic E-state index is 12.4. The van der Waals surface area contributed by atoms with Crippen LogP contribution >= 0.6 is 15.9 Å². The summed E-state index contributed by atoms with van der Waals surface area (Å²) >= 11 is 3.14. The van der Waals surface area contributed by atoms with Gasteiger partial charge in [-0.1, -0.05) is 6.07 Å². The molecule has 0 bridgehead atoms. The fourth-order valence-electron chi connectivity index (χ4n) is 1.79. The Kier molecular flexibility index (Phi) is 3.11. The van der Waals surface area contributed by atoms with Crippen molar-refractivity contribution in [3.8, 4) is 0 Å². The highest BCUT2D eigenvalue weighted by Crippen LogP contribution is 2.12. The van der Waals surface area contributed by atoms with E-state index in [4.69, 9.17) is 0 Å². The summed E-state index contributed by atoms with van der Waals surface area (Å²) in [5, 5.41) is 0.326. The molecule has 0 amide bonds. The van der Waals surface area contributed by atoms with Crippen molar-refractivity contribution in [2.24, 2.45) is 0 Å². The topological polar surface area (TPSA) is 77.7 Å². The normalized spacial score (nSPS) is 10.7. The zero-order chi connectivity index (χ0) is 14.1. The van der Waals surface area contributed by atoms with Crippen LogP contribution in [0.1, 0.15) is 10.5 Å². The lowest BCUT2D eigenvalue weighted by Gasteiger charge is -2.07. The smallest absolute Gasteiger partial charge is 0.268 e. The van der Waals surface area contributed by atoms with Crippen molar-refractivity contribution in [3.63, 3.8) is 0 Å². The van der Waals surface area contributed by atoms with Crippen LogP contribution in [0.15, 0.2) is 52.4 Å². The zero-order valence-electron chi connectivity index (χ0n) is 10.0. The monoisotopic (exact) mass is 330 g/mol. The fraction of sp³-hybridized carbons (Fsp3) is 0. The van der Waals surface area contributed by atoms with Crippen molar-refractivity contribution in [2.75, 3.05) is 0 Å². The van der Waals surface area contributed by atoms with Crippen LogP contribution in [-0.2, 0) is 0 Å². The Morgan fingerprint density at radius 2 is 2.05 bits per heavy atom. The summed E-state index contributed by atoms with van der Waals surface area (Å²) in [5.41, 5.74) is 0.139. The molecule has 6 nitrogen and oxygen atoms in total. The van der Waals surface area contributed by atoms with E-state index < -0.39 is 11.5 Å². The van der Waals surface area contributed by atoms with E-state index in [1.807, 2.05) is 0 Å². The summed E-state index contributed by atoms with van der Waals surface area (Å²) < 4.78 is 1.07. The van der Waals surface area contributed by atoms with Gasteiger partial charge in [0, 0.05) is 12.4 Å². The van der Waals surface area contributed by atoms with Gasteiger partial charge in [0.25, 0.3) is 11.5 Å². The van der Waals surface area contributed by atoms with Gasteiger partial charge in [0.15, 0.2) is 4.73 Å². The van der Waals surface area contributed by atoms with Gasteiger partial charge in [-0.05, 0) is 34.1 Å². The fourth-order valence-corrected chi connectivity index (χ4v) is 2.30. The van der Waals surface area contributed by atoms with Crippen LogP contribution in [0, 0.1) is 0 Å². The summed E-state index contributed by atoms with van der Waals surface area (Å²) in [5.74, 6) is -0.534. The second-order valence-corrected chi connectivity index (χ2v) is 4.64. The molecule has 20 heavy (non-hydrogen) atoms. The minimum Gasteiger partial charge on any atom is -0.268 e. The minimum absolute atomic E-state index is 0.124. The number of hydrogen-bond donors (Lipinski definition) is 0. The summed E-state index contributed by atoms with van der Waals surface area (Å²) in [6.07, 6.45) is 4.44. The van der Waals surface area contributed by atoms with E-state index in [9.17, 15) is 9.59 Å². The summed E-state index contributed by atoms with van der Waals surface area (Å²) in [6.45, 7) is 0. The number of nitrogens with zero attached hydrogens (tertiary/aromatic N) is 4. The van der Waals surface area contributed by atoms with Gasteiger partial charge in [-0.3, -0.25) is 19.6 Å². The van der Waals surface area contributed by atoms with Crippen LogP contribution in [-0.4, -0.2) is 25.4 Å². The SMILES string of the molecule is O=C(c1ccccn1)n1c(Br)nc2cnccc2c1=O. The van der Waals surface area contributed by atoms with E-state index in [0.29, 0.717) is 10.9 Å². The number of aromatic nitrogens is 4. The molecule has 98 valence electrons. The Balaban J connectivity index is 2.27. The van der Waals surface area contributed by atoms with Crippen LogP contribution in [0.3, 0.4) is 0 Å². The molecule has 0 aliphatic carbocycles. The molecule has 3 heterocycles. The first kappa shape index (κ1) is 12.6. The molecule has 0 aliphatic rings. The third-order valence-corrected chi connectivity index (χ3v) is 3.25. The molecular formula is C13H7BrN4O2. The number of rotatable bonds is 1. The molecule has 0 saturated carbocycles. The predicted molar refractivity (Wildman–Crippen MR) is 75.5 cm³/mol. The quantitative estimate of drug-likeness (QED) is 0.634. The lowest BCUT2D eigenvalue weighted by molar-refractivity contribution is 0.0947. The van der Waals surface area contributed by atoms with Gasteiger partial charge >= 0.3 is 0 Å². The van der Waals surface area contributed by atoms with Gasteiger partial charge in [0.1, 0.15) is 5.69 Å². The van der Waals surface area contributed by atoms with E-state index >= 15 is 0 Å². The summed E-state index contributed by atoms with van der Waals surface area (Å²) in [6, 6.07) is 6.44. The Morgan fingerprint density at radius 1 is 1.20 bits per heavy atom. The number of carbonyl (C=O) groups excluding carboxylic acids is 1. The van der Waals surface area contributed by atoms with Gasteiger partial charge in [-0.25, -0.2) is 9.55 Å². The molecule has 0 unspecified atom stereocenters. The van der Waals surface area contributed by atoms with Crippen LogP contribution in [0.2, 0.25) is 0 Å². The Hall–Kier alpha value is -2.41. The molecule has 0 aromatic carbocycles. The Bertz CT molecular complexity index is 861. The highest BCUT2D eigenvalue weighted by atomic mass is 79.9. The van der Waals surface area contributed by atoms with E-state index in [2.05, 4.69) is 30.9 Å². The number of hydrogen-bond acceptors (Lipinski definition) is 5. The van der Waals surface area contributed by atoms with Gasteiger partial charge in [-0.2, -0.15) is 0 Å². The Morgan fingerprint density at radius 3 is 2.80 bits per heavy atom. The first-order chi connectivity index (χ1) is 9.68. The second kappa shape index (κ2) is 4.93. The maximum Gasteiger partial charge on any atom is 0.285 e. The first-order valence-electron chi connectivity index (χ1n) is 5.66. The van der Waals surface area contributed by atoms with Crippen molar-refractivity contribution in [3.05, 3.63) is 63.6 Å². The van der Waals surface area contributed by atoms with Crippen molar-refractivity contribution in [2.45, 2.75) is 0 Å². The third kappa shape index (κ3) is 2.01. The third-order valence-electron chi connectivity index (χ3n) is 2.72. The lowest BCUT2D eigenvalue weighted by Crippen LogP contribution is -2.29.